The molecule has 4 aliphatic carbocycles. The van der Waals surface area contributed by atoms with E-state index in [4.69, 9.17) is 9.84 Å². The molecule has 1 atom stereocenters. The maximum atomic E-state index is 13.9. The van der Waals surface area contributed by atoms with E-state index in [0.29, 0.717) is 48.3 Å². The Labute approximate surface area is 364 Å². The topological polar surface area (TPSA) is 186 Å². The second-order valence-corrected chi connectivity index (χ2v) is 20.8. The van der Waals surface area contributed by atoms with Crippen LogP contribution < -0.4 is 19.7 Å². The number of likely N-dealkylation sites (N-methyl/N-ethyl adjacent to an activating group) is 1. The van der Waals surface area contributed by atoms with E-state index < -0.39 is 31.4 Å². The number of hydrogen-bond acceptors (Lipinski definition) is 12. The van der Waals surface area contributed by atoms with Gasteiger partial charge in [0.05, 0.1) is 28.2 Å². The SMILES string of the molecule is CN(CCO)CCCNc1ccc(S(=O)(=O)NC(=O)c2ccc(N3CCN(CC4=C([C@@H]5CC6(C)CC5C6)CC(C)(C)CC4)CC3)cc2Oc2cnc3[nH]ccc3c2)cc1[N+](=O)[O-]. The van der Waals surface area contributed by atoms with Crippen LogP contribution in [0.2, 0.25) is 0 Å². The highest BCUT2D eigenvalue weighted by Gasteiger charge is 2.54. The van der Waals surface area contributed by atoms with Crippen LogP contribution in [0.3, 0.4) is 0 Å². The summed E-state index contributed by atoms with van der Waals surface area (Å²) in [6.07, 6.45) is 11.7. The molecule has 15 nitrogen and oxygen atoms in total. The molecule has 4 fully saturated rings. The molecule has 4 N–H and O–H groups in total. The van der Waals surface area contributed by atoms with Gasteiger partial charge >= 0.3 is 0 Å². The van der Waals surface area contributed by atoms with Gasteiger partial charge in [-0.15, -0.1) is 0 Å². The number of ether oxygens (including phenoxy) is 1. The molecule has 2 bridgehead atoms. The quantitative estimate of drug-likeness (QED) is 0.0363. The van der Waals surface area contributed by atoms with E-state index in [1.807, 2.05) is 18.0 Å². The molecule has 332 valence electrons. The Balaban J connectivity index is 0.981. The first-order valence-electron chi connectivity index (χ1n) is 21.9. The molecule has 0 radical (unpaired) electrons. The van der Waals surface area contributed by atoms with E-state index in [0.717, 1.165) is 61.7 Å². The van der Waals surface area contributed by atoms with Gasteiger partial charge in [-0.25, -0.2) is 18.1 Å². The fraction of sp³-hybridized carbons (Fsp3) is 0.522. The number of aromatic nitrogens is 2. The summed E-state index contributed by atoms with van der Waals surface area (Å²) in [5.74, 6) is 1.18. The Bertz CT molecular complexity index is 2450. The number of carbonyl (C=O) groups excluding carboxylic acids is 1. The molecule has 2 aromatic heterocycles. The normalized spacial score (nSPS) is 22.5. The fourth-order valence-corrected chi connectivity index (χ4v) is 11.3. The summed E-state index contributed by atoms with van der Waals surface area (Å²) in [6.45, 7) is 13.3. The number of amides is 1. The van der Waals surface area contributed by atoms with Crippen LogP contribution in [0.5, 0.6) is 11.5 Å². The minimum absolute atomic E-state index is 0.0255. The number of rotatable bonds is 17. The van der Waals surface area contributed by atoms with E-state index >= 15 is 0 Å². The third kappa shape index (κ3) is 9.63. The van der Waals surface area contributed by atoms with E-state index in [9.17, 15) is 23.3 Å². The Kier molecular flexibility index (Phi) is 12.4. The predicted octanol–water partition coefficient (Wildman–Crippen LogP) is 7.17. The molecule has 3 saturated carbocycles. The van der Waals surface area contributed by atoms with E-state index in [-0.39, 0.29) is 23.6 Å². The van der Waals surface area contributed by atoms with Crippen molar-refractivity contribution < 1.29 is 28.0 Å². The first kappa shape index (κ1) is 43.6. The Morgan fingerprint density at radius 2 is 1.85 bits per heavy atom. The van der Waals surface area contributed by atoms with Gasteiger partial charge in [0.1, 0.15) is 22.8 Å². The van der Waals surface area contributed by atoms with Crippen molar-refractivity contribution in [3.05, 3.63) is 87.7 Å². The Morgan fingerprint density at radius 1 is 1.06 bits per heavy atom. The van der Waals surface area contributed by atoms with Gasteiger partial charge in [-0.05, 0) is 118 Å². The van der Waals surface area contributed by atoms with Gasteiger partial charge in [0.2, 0.25) is 0 Å². The van der Waals surface area contributed by atoms with Gasteiger partial charge in [0, 0.05) is 75.2 Å². The highest BCUT2D eigenvalue weighted by Crippen LogP contribution is 2.65. The number of nitrogens with zero attached hydrogens (tertiary/aromatic N) is 5. The van der Waals surface area contributed by atoms with Gasteiger partial charge in [-0.2, -0.15) is 0 Å². The summed E-state index contributed by atoms with van der Waals surface area (Å²) in [6, 6.07) is 12.3. The number of H-pyrrole nitrogens is 1. The van der Waals surface area contributed by atoms with Crippen molar-refractivity contribution in [1.29, 1.82) is 0 Å². The zero-order valence-corrected chi connectivity index (χ0v) is 37.1. The molecule has 62 heavy (non-hydrogen) atoms. The smallest absolute Gasteiger partial charge is 0.293 e. The fourth-order valence-electron chi connectivity index (χ4n) is 10.3. The minimum atomic E-state index is -4.56. The lowest BCUT2D eigenvalue weighted by atomic mass is 9.67. The van der Waals surface area contributed by atoms with Crippen molar-refractivity contribution in [2.24, 2.45) is 22.7 Å². The Hall–Kier alpha value is -5.03. The van der Waals surface area contributed by atoms with Crippen molar-refractivity contribution in [2.75, 3.05) is 76.2 Å². The summed E-state index contributed by atoms with van der Waals surface area (Å²) in [5.41, 5.74) is 5.53. The number of benzene rings is 2. The average molecular weight is 869 g/mol. The molecular weight excluding hydrogens is 809 g/mol. The van der Waals surface area contributed by atoms with Crippen LogP contribution in [-0.2, 0) is 10.0 Å². The van der Waals surface area contributed by atoms with Crippen molar-refractivity contribution in [1.82, 2.24) is 24.5 Å². The zero-order chi connectivity index (χ0) is 43.8. The van der Waals surface area contributed by atoms with Crippen LogP contribution in [-0.4, -0.2) is 110 Å². The molecular formula is C46H60N8O7S. The van der Waals surface area contributed by atoms with E-state index in [1.165, 1.54) is 56.9 Å². The number of allylic oxidation sites excluding steroid dienone is 1. The number of nitro benzene ring substituents is 1. The molecule has 1 aliphatic heterocycles. The maximum Gasteiger partial charge on any atom is 0.293 e. The lowest BCUT2D eigenvalue weighted by Crippen LogP contribution is -2.47. The number of sulfonamides is 1. The number of aliphatic hydroxyl groups excluding tert-OH is 1. The molecule has 2 aromatic carbocycles. The van der Waals surface area contributed by atoms with Gasteiger partial charge in [-0.1, -0.05) is 31.9 Å². The number of hydrogen-bond donors (Lipinski definition) is 4. The molecule has 16 heteroatoms. The molecule has 3 heterocycles. The number of pyridine rings is 1. The van der Waals surface area contributed by atoms with E-state index in [2.05, 4.69) is 50.6 Å². The van der Waals surface area contributed by atoms with Crippen molar-refractivity contribution in [3.8, 4) is 11.5 Å². The van der Waals surface area contributed by atoms with Gasteiger partial charge in [-0.3, -0.25) is 19.8 Å². The standard InChI is InChI=1S/C46H60N8O7S/c1-45(2)12-10-32(38(27-45)39-28-46(3)25-33(39)26-46)30-52-16-18-53(19-17-52)34-6-8-37(42(23-34)61-35-22-31-11-14-48-43(31)49-29-35)44(56)50-62(59,60)36-7-9-40(41(24-36)54(57)58)47-13-5-15-51(4)20-21-55/h6-9,11,14,22-24,29,33,39,47,55H,5,10,12-13,15-21,25-28,30H2,1-4H3,(H,48,49)(H,50,56)/t33?,39-,46?/m1/s1. The zero-order valence-electron chi connectivity index (χ0n) is 36.3. The van der Waals surface area contributed by atoms with Crippen LogP contribution in [0.15, 0.2) is 77.0 Å². The van der Waals surface area contributed by atoms with Crippen LogP contribution in [0.4, 0.5) is 17.1 Å². The summed E-state index contributed by atoms with van der Waals surface area (Å²) in [7, 11) is -2.70. The number of nitro groups is 1. The molecule has 1 saturated heterocycles. The summed E-state index contributed by atoms with van der Waals surface area (Å²) in [5, 5.41) is 25.0. The number of piperazine rings is 1. The summed E-state index contributed by atoms with van der Waals surface area (Å²) >= 11 is 0. The lowest BCUT2D eigenvalue weighted by Gasteiger charge is -2.41. The third-order valence-corrected chi connectivity index (χ3v) is 15.0. The monoisotopic (exact) mass is 868 g/mol. The highest BCUT2D eigenvalue weighted by atomic mass is 32.2. The maximum absolute atomic E-state index is 13.9. The van der Waals surface area contributed by atoms with E-state index in [1.54, 1.807) is 41.6 Å². The first-order chi connectivity index (χ1) is 29.6. The van der Waals surface area contributed by atoms with Crippen LogP contribution in [0.25, 0.3) is 11.0 Å². The second kappa shape index (κ2) is 17.6. The Morgan fingerprint density at radius 3 is 2.58 bits per heavy atom. The number of aliphatic hydroxyl groups is 1. The molecule has 5 aliphatic rings. The van der Waals surface area contributed by atoms with Gasteiger partial charge in [0.15, 0.2) is 0 Å². The predicted molar refractivity (Wildman–Crippen MR) is 240 cm³/mol. The van der Waals surface area contributed by atoms with Gasteiger partial charge in [0.25, 0.3) is 21.6 Å². The molecule has 1 amide bonds. The highest BCUT2D eigenvalue weighted by molar-refractivity contribution is 7.90. The first-order valence-corrected chi connectivity index (χ1v) is 23.4. The summed E-state index contributed by atoms with van der Waals surface area (Å²) in [4.78, 5) is 39.1. The molecule has 0 spiro atoms. The van der Waals surface area contributed by atoms with Crippen LogP contribution in [0, 0.1) is 32.8 Å². The second-order valence-electron chi connectivity index (χ2n) is 19.1. The number of carbonyl (C=O) groups is 1. The largest absolute Gasteiger partial charge is 0.455 e. The summed E-state index contributed by atoms with van der Waals surface area (Å²) < 4.78 is 35.8. The van der Waals surface area contributed by atoms with Crippen LogP contribution >= 0.6 is 0 Å². The van der Waals surface area contributed by atoms with Crippen molar-refractivity contribution in [2.45, 2.75) is 70.6 Å². The average Bonchev–Trinajstić information content (AvgIpc) is 3.93. The molecule has 0 unspecified atom stereocenters. The number of aromatic amines is 1. The van der Waals surface area contributed by atoms with Crippen molar-refractivity contribution >= 4 is 44.0 Å². The van der Waals surface area contributed by atoms with Gasteiger partial charge < -0.3 is 29.9 Å². The number of anilines is 2. The molecule has 4 aromatic rings. The number of fused-ring (bicyclic) bond motifs is 2. The number of nitrogens with one attached hydrogen (secondary N) is 3. The van der Waals surface area contributed by atoms with Crippen molar-refractivity contribution in [3.63, 3.8) is 0 Å². The molecule has 9 rings (SSSR count). The third-order valence-electron chi connectivity index (χ3n) is 13.6. The lowest BCUT2D eigenvalue weighted by molar-refractivity contribution is -0.384. The minimum Gasteiger partial charge on any atom is -0.455 e. The van der Waals surface area contributed by atoms with Crippen LogP contribution in [0.1, 0.15) is 76.1 Å².